The molecule has 1 amide bonds. The summed E-state index contributed by atoms with van der Waals surface area (Å²) >= 11 is 5.92. The molecule has 2 aromatic rings. The first-order chi connectivity index (χ1) is 20.0. The quantitative estimate of drug-likeness (QED) is 0.288. The zero-order valence-corrected chi connectivity index (χ0v) is 26.9. The summed E-state index contributed by atoms with van der Waals surface area (Å²) in [6, 6.07) is 4.80. The van der Waals surface area contributed by atoms with Crippen LogP contribution in [-0.2, 0) is 23.5 Å². The van der Waals surface area contributed by atoms with Crippen LogP contribution < -0.4 is 0 Å². The first kappa shape index (κ1) is 38.8. The Hall–Kier alpha value is -2.40. The van der Waals surface area contributed by atoms with E-state index in [9.17, 15) is 36.2 Å². The lowest BCUT2D eigenvalue weighted by Crippen LogP contribution is -2.56. The van der Waals surface area contributed by atoms with E-state index in [2.05, 4.69) is 30.6 Å². The molecule has 1 atom stereocenters. The Morgan fingerprint density at radius 3 is 2.18 bits per heavy atom. The molecule has 45 heavy (non-hydrogen) atoms. The van der Waals surface area contributed by atoms with Crippen molar-refractivity contribution < 1.29 is 41.0 Å². The molecule has 0 radical (unpaired) electrons. The molecule has 2 saturated heterocycles. The Bertz CT molecular complexity index is 1360. The van der Waals surface area contributed by atoms with Gasteiger partial charge in [-0.05, 0) is 56.2 Å². The molecule has 250 valence electrons. The predicted molar refractivity (Wildman–Crippen MR) is 163 cm³/mol. The molecule has 2 aliphatic heterocycles. The molecule has 1 N–H and O–H groups in total. The van der Waals surface area contributed by atoms with Gasteiger partial charge in [-0.2, -0.15) is 26.3 Å². The zero-order valence-electron chi connectivity index (χ0n) is 24.5. The molecule has 0 aliphatic carbocycles. The summed E-state index contributed by atoms with van der Waals surface area (Å²) < 4.78 is 86.4. The number of morpholine rings is 1. The fourth-order valence-electron chi connectivity index (χ4n) is 5.21. The number of phenols is 1. The highest BCUT2D eigenvalue weighted by Crippen LogP contribution is 2.37. The number of aromatic hydroxyl groups is 1. The van der Waals surface area contributed by atoms with E-state index in [1.54, 1.807) is 6.07 Å². The number of carbonyl (C=O) groups excluding carboxylic acids is 1. The Morgan fingerprint density at radius 2 is 1.60 bits per heavy atom. The topological polar surface area (TPSA) is 56.2 Å². The maximum atomic E-state index is 13.5. The number of hydrogen-bond donors (Lipinski definition) is 1. The summed E-state index contributed by atoms with van der Waals surface area (Å²) in [6.45, 7) is 7.66. The van der Waals surface area contributed by atoms with Gasteiger partial charge in [0.05, 0.1) is 42.5 Å². The van der Waals surface area contributed by atoms with Gasteiger partial charge in [-0.1, -0.05) is 29.5 Å². The molecule has 0 spiro atoms. The van der Waals surface area contributed by atoms with Crippen LogP contribution in [0.25, 0.3) is 0 Å². The fourth-order valence-corrected chi connectivity index (χ4v) is 5.33. The van der Waals surface area contributed by atoms with Crippen LogP contribution in [-0.4, -0.2) is 89.8 Å². The number of ether oxygens (including phenoxy) is 1. The van der Waals surface area contributed by atoms with Gasteiger partial charge in [-0.15, -0.1) is 24.8 Å². The molecule has 4 rings (SSSR count). The molecule has 6 nitrogen and oxygen atoms in total. The predicted octanol–water partition coefficient (Wildman–Crippen LogP) is 6.41. The van der Waals surface area contributed by atoms with Crippen molar-refractivity contribution in [2.45, 2.75) is 44.2 Å². The van der Waals surface area contributed by atoms with E-state index >= 15 is 0 Å². The minimum Gasteiger partial charge on any atom is -0.506 e. The van der Waals surface area contributed by atoms with Gasteiger partial charge in [-0.25, -0.2) is 0 Å². The second-order valence-corrected chi connectivity index (χ2v) is 11.7. The van der Waals surface area contributed by atoms with Crippen molar-refractivity contribution in [1.82, 2.24) is 14.7 Å². The first-order valence-electron chi connectivity index (χ1n) is 13.6. The lowest BCUT2D eigenvalue weighted by atomic mass is 9.99. The molecule has 2 heterocycles. The molecule has 15 heteroatoms. The third-order valence-corrected chi connectivity index (χ3v) is 7.98. The average Bonchev–Trinajstić information content (AvgIpc) is 2.92. The van der Waals surface area contributed by atoms with Crippen LogP contribution in [0.2, 0.25) is 5.02 Å². The highest BCUT2D eigenvalue weighted by molar-refractivity contribution is 6.32. The Balaban J connectivity index is 0.00000353. The SMILES string of the molecule is CC1(C)COCCN1CC#CCN1CCN(C(=O)c2cc(C(F)(F)F)cc(C(F)(F)F)c2)[C@H](Cc2ccc(Cl)c(O)c2)C1.Cl.Cl. The Labute approximate surface area is 275 Å². The van der Waals surface area contributed by atoms with Crippen LogP contribution >= 0.6 is 36.4 Å². The molecular weight excluding hydrogens is 671 g/mol. The summed E-state index contributed by atoms with van der Waals surface area (Å²) in [5, 5.41) is 10.2. The molecule has 0 unspecified atom stereocenters. The molecule has 0 bridgehead atoms. The summed E-state index contributed by atoms with van der Waals surface area (Å²) in [5.74, 6) is 5.19. The van der Waals surface area contributed by atoms with Crippen molar-refractivity contribution in [1.29, 1.82) is 0 Å². The molecule has 2 aliphatic rings. The summed E-state index contributed by atoms with van der Waals surface area (Å²) in [4.78, 5) is 19.0. The normalized spacial score (nSPS) is 19.1. The average molecular weight is 705 g/mol. The Morgan fingerprint density at radius 1 is 0.978 bits per heavy atom. The minimum absolute atomic E-state index is 0. The number of alkyl halides is 6. The van der Waals surface area contributed by atoms with Crippen LogP contribution in [0, 0.1) is 11.8 Å². The van der Waals surface area contributed by atoms with Gasteiger partial charge in [0.2, 0.25) is 0 Å². The third kappa shape index (κ3) is 10.0. The monoisotopic (exact) mass is 703 g/mol. The number of nitrogens with zero attached hydrogens (tertiary/aromatic N) is 3. The zero-order chi connectivity index (χ0) is 31.6. The lowest BCUT2D eigenvalue weighted by Gasteiger charge is -2.41. The maximum Gasteiger partial charge on any atom is 0.416 e. The number of halogens is 9. The van der Waals surface area contributed by atoms with Gasteiger partial charge in [-0.3, -0.25) is 14.6 Å². The van der Waals surface area contributed by atoms with E-state index in [1.807, 2.05) is 4.90 Å². The van der Waals surface area contributed by atoms with Gasteiger partial charge in [0.1, 0.15) is 5.75 Å². The minimum atomic E-state index is -5.08. The van der Waals surface area contributed by atoms with Gasteiger partial charge in [0.15, 0.2) is 0 Å². The fraction of sp³-hybridized carbons (Fsp3) is 0.500. The first-order valence-corrected chi connectivity index (χ1v) is 14.0. The summed E-state index contributed by atoms with van der Waals surface area (Å²) in [5.41, 5.74) is -3.37. The molecule has 0 aromatic heterocycles. The lowest BCUT2D eigenvalue weighted by molar-refractivity contribution is -0.143. The number of hydrogen-bond acceptors (Lipinski definition) is 5. The maximum absolute atomic E-state index is 13.5. The summed E-state index contributed by atoms with van der Waals surface area (Å²) in [6.07, 6.45) is -9.98. The second kappa shape index (κ2) is 15.5. The van der Waals surface area contributed by atoms with E-state index in [1.165, 1.54) is 17.0 Å². The van der Waals surface area contributed by atoms with Crippen molar-refractivity contribution in [3.05, 3.63) is 63.7 Å². The summed E-state index contributed by atoms with van der Waals surface area (Å²) in [7, 11) is 0. The van der Waals surface area contributed by atoms with Gasteiger partial charge in [0.25, 0.3) is 5.91 Å². The van der Waals surface area contributed by atoms with Crippen molar-refractivity contribution in [2.75, 3.05) is 52.5 Å². The van der Waals surface area contributed by atoms with E-state index in [0.717, 1.165) is 6.54 Å². The van der Waals surface area contributed by atoms with Crippen LogP contribution in [0.3, 0.4) is 0 Å². The van der Waals surface area contributed by atoms with Gasteiger partial charge in [0, 0.05) is 43.3 Å². The van der Waals surface area contributed by atoms with Crippen LogP contribution in [0.1, 0.15) is 40.9 Å². The number of amides is 1. The van der Waals surface area contributed by atoms with Crippen LogP contribution in [0.4, 0.5) is 26.3 Å². The number of rotatable bonds is 5. The molecule has 2 aromatic carbocycles. The molecule has 2 fully saturated rings. The largest absolute Gasteiger partial charge is 0.506 e. The van der Waals surface area contributed by atoms with Gasteiger partial charge < -0.3 is 14.7 Å². The van der Waals surface area contributed by atoms with Crippen molar-refractivity contribution in [3.63, 3.8) is 0 Å². The second-order valence-electron chi connectivity index (χ2n) is 11.3. The number of piperazine rings is 1. The van der Waals surface area contributed by atoms with E-state index in [-0.39, 0.29) is 66.7 Å². The molecular formula is C30H34Cl3F6N3O3. The number of benzene rings is 2. The number of carbonyl (C=O) groups is 1. The molecule has 0 saturated carbocycles. The highest BCUT2D eigenvalue weighted by atomic mass is 35.5. The van der Waals surface area contributed by atoms with E-state index in [0.29, 0.717) is 50.5 Å². The van der Waals surface area contributed by atoms with Crippen molar-refractivity contribution in [2.24, 2.45) is 0 Å². The Kier molecular flexibility index (Phi) is 13.3. The highest BCUT2D eigenvalue weighted by Gasteiger charge is 2.39. The van der Waals surface area contributed by atoms with Crippen molar-refractivity contribution >= 4 is 42.3 Å². The third-order valence-electron chi connectivity index (χ3n) is 7.66. The van der Waals surface area contributed by atoms with E-state index in [4.69, 9.17) is 16.3 Å². The van der Waals surface area contributed by atoms with Crippen LogP contribution in [0.5, 0.6) is 5.75 Å². The van der Waals surface area contributed by atoms with Crippen LogP contribution in [0.15, 0.2) is 36.4 Å². The van der Waals surface area contributed by atoms with E-state index < -0.39 is 41.0 Å². The van der Waals surface area contributed by atoms with Crippen molar-refractivity contribution in [3.8, 4) is 17.6 Å². The van der Waals surface area contributed by atoms with Gasteiger partial charge >= 0.3 is 12.4 Å². The number of phenolic OH excluding ortho intramolecular Hbond substituents is 1. The smallest absolute Gasteiger partial charge is 0.416 e. The standard InChI is InChI=1S/C30H32ClF6N3O3.2ClH/c1-28(2)19-43-12-11-39(28)8-4-3-7-38-9-10-40(24(18-38)13-20-5-6-25(31)26(41)14-20)27(42)21-15-22(29(32,33)34)17-23(16-21)30(35,36)37;;/h5-6,14-17,24,41H,7-13,18-19H2,1-2H3;2*1H/t24-;;/m1../s1.